The molecule has 0 aliphatic rings. The number of aryl methyl sites for hydroxylation is 1. The fraction of sp³-hybridized carbons (Fsp3) is 0.238. The maximum absolute atomic E-state index is 12.7. The second-order valence-electron chi connectivity index (χ2n) is 6.18. The van der Waals surface area contributed by atoms with Crippen molar-refractivity contribution in [1.82, 2.24) is 9.88 Å². The van der Waals surface area contributed by atoms with Gasteiger partial charge in [0.25, 0.3) is 11.8 Å². The van der Waals surface area contributed by atoms with Crippen molar-refractivity contribution in [2.45, 2.75) is 20.8 Å². The third-order valence-electron chi connectivity index (χ3n) is 4.56. The lowest BCUT2D eigenvalue weighted by Gasteiger charge is -2.18. The summed E-state index contributed by atoms with van der Waals surface area (Å²) in [7, 11) is 0. The fourth-order valence-electron chi connectivity index (χ4n) is 3.15. The normalized spacial score (nSPS) is 10.7. The predicted octanol–water partition coefficient (Wildman–Crippen LogP) is 4.21. The first-order valence-corrected chi connectivity index (χ1v) is 8.83. The molecular weight excluding hydrogens is 326 g/mol. The fourth-order valence-corrected chi connectivity index (χ4v) is 3.15. The van der Waals surface area contributed by atoms with E-state index < -0.39 is 0 Å². The number of aromatic amines is 1. The van der Waals surface area contributed by atoms with Crippen LogP contribution in [-0.2, 0) is 0 Å². The summed E-state index contributed by atoms with van der Waals surface area (Å²) >= 11 is 0. The Labute approximate surface area is 153 Å². The molecule has 2 N–H and O–H groups in total. The summed E-state index contributed by atoms with van der Waals surface area (Å²) in [6.45, 7) is 7.15. The number of aromatic nitrogens is 1. The number of rotatable bonds is 5. The molecule has 5 heteroatoms. The first-order chi connectivity index (χ1) is 12.5. The lowest BCUT2D eigenvalue weighted by atomic mass is 10.1. The number of H-pyrrole nitrogens is 1. The predicted molar refractivity (Wildman–Crippen MR) is 105 cm³/mol. The van der Waals surface area contributed by atoms with Gasteiger partial charge in [-0.15, -0.1) is 0 Å². The molecule has 0 spiro atoms. The first kappa shape index (κ1) is 17.7. The molecule has 1 aromatic heterocycles. The molecule has 0 atom stereocenters. The number of carbonyl (C=O) groups is 2. The van der Waals surface area contributed by atoms with Gasteiger partial charge < -0.3 is 15.2 Å². The van der Waals surface area contributed by atoms with Crippen molar-refractivity contribution >= 4 is 28.4 Å². The van der Waals surface area contributed by atoms with E-state index in [1.807, 2.05) is 45.0 Å². The highest BCUT2D eigenvalue weighted by Crippen LogP contribution is 2.23. The zero-order valence-electron chi connectivity index (χ0n) is 15.3. The van der Waals surface area contributed by atoms with Crippen molar-refractivity contribution in [2.75, 3.05) is 18.4 Å². The van der Waals surface area contributed by atoms with Gasteiger partial charge in [0.1, 0.15) is 0 Å². The molecule has 0 radical (unpaired) electrons. The number of fused-ring (bicyclic) bond motifs is 1. The third kappa shape index (κ3) is 3.33. The molecule has 0 saturated heterocycles. The van der Waals surface area contributed by atoms with Crippen LogP contribution in [0.1, 0.15) is 40.3 Å². The van der Waals surface area contributed by atoms with Crippen molar-refractivity contribution in [3.8, 4) is 0 Å². The number of nitrogens with one attached hydrogen (secondary N) is 2. The van der Waals surface area contributed by atoms with Gasteiger partial charge in [0, 0.05) is 40.9 Å². The molecule has 0 unspecified atom stereocenters. The average Bonchev–Trinajstić information content (AvgIpc) is 2.99. The highest BCUT2D eigenvalue weighted by Gasteiger charge is 2.16. The summed E-state index contributed by atoms with van der Waals surface area (Å²) in [4.78, 5) is 30.1. The van der Waals surface area contributed by atoms with E-state index in [-0.39, 0.29) is 11.8 Å². The van der Waals surface area contributed by atoms with Crippen LogP contribution in [0.25, 0.3) is 10.9 Å². The smallest absolute Gasteiger partial charge is 0.258 e. The Bertz CT molecular complexity index is 938. The Morgan fingerprint density at radius 3 is 2.31 bits per heavy atom. The van der Waals surface area contributed by atoms with Gasteiger partial charge in [0.05, 0.1) is 5.56 Å². The maximum atomic E-state index is 12.7. The molecule has 0 aliphatic carbocycles. The number of hydrogen-bond acceptors (Lipinski definition) is 2. The number of nitrogens with zero attached hydrogens (tertiary/aromatic N) is 1. The molecule has 0 saturated carbocycles. The minimum atomic E-state index is -0.164. The van der Waals surface area contributed by atoms with Crippen LogP contribution in [0.15, 0.2) is 48.5 Å². The monoisotopic (exact) mass is 349 g/mol. The van der Waals surface area contributed by atoms with E-state index in [1.165, 1.54) is 0 Å². The SMILES string of the molecule is CCN(CC)C(=O)c1ccc(NC(=O)c2c(C)[nH]c3ccccc23)cc1. The quantitative estimate of drug-likeness (QED) is 0.725. The van der Waals surface area contributed by atoms with Crippen LogP contribution >= 0.6 is 0 Å². The summed E-state index contributed by atoms with van der Waals surface area (Å²) in [5.74, 6) is -0.164. The molecule has 3 aromatic rings. The minimum absolute atomic E-state index is 0.000324. The number of carbonyl (C=O) groups excluding carboxylic acids is 2. The number of para-hydroxylation sites is 1. The van der Waals surface area contributed by atoms with Crippen LogP contribution in [-0.4, -0.2) is 34.8 Å². The zero-order valence-corrected chi connectivity index (χ0v) is 15.3. The lowest BCUT2D eigenvalue weighted by Crippen LogP contribution is -2.30. The molecule has 26 heavy (non-hydrogen) atoms. The van der Waals surface area contributed by atoms with Gasteiger partial charge in [-0.3, -0.25) is 9.59 Å². The van der Waals surface area contributed by atoms with Gasteiger partial charge in [0.2, 0.25) is 0 Å². The molecule has 0 aliphatic heterocycles. The Morgan fingerprint density at radius 1 is 1.00 bits per heavy atom. The van der Waals surface area contributed by atoms with Crippen molar-refractivity contribution in [3.63, 3.8) is 0 Å². The Hall–Kier alpha value is -3.08. The summed E-state index contributed by atoms with van der Waals surface area (Å²) in [6.07, 6.45) is 0. The van der Waals surface area contributed by atoms with Crippen LogP contribution in [0, 0.1) is 6.92 Å². The summed E-state index contributed by atoms with van der Waals surface area (Å²) in [5, 5.41) is 3.82. The molecule has 3 rings (SSSR count). The van der Waals surface area contributed by atoms with E-state index in [4.69, 9.17) is 0 Å². The molecule has 0 fully saturated rings. The topological polar surface area (TPSA) is 65.2 Å². The van der Waals surface area contributed by atoms with Gasteiger partial charge in [0.15, 0.2) is 0 Å². The first-order valence-electron chi connectivity index (χ1n) is 8.83. The highest BCUT2D eigenvalue weighted by molar-refractivity contribution is 6.14. The van der Waals surface area contributed by atoms with E-state index in [0.29, 0.717) is 29.9 Å². The van der Waals surface area contributed by atoms with E-state index in [0.717, 1.165) is 16.6 Å². The Morgan fingerprint density at radius 2 is 1.65 bits per heavy atom. The van der Waals surface area contributed by atoms with E-state index in [9.17, 15) is 9.59 Å². The van der Waals surface area contributed by atoms with Crippen LogP contribution < -0.4 is 5.32 Å². The molecule has 2 aromatic carbocycles. The number of benzene rings is 2. The summed E-state index contributed by atoms with van der Waals surface area (Å²) in [6, 6.07) is 14.8. The van der Waals surface area contributed by atoms with Gasteiger partial charge >= 0.3 is 0 Å². The van der Waals surface area contributed by atoms with Crippen LogP contribution in [0.3, 0.4) is 0 Å². The molecule has 5 nitrogen and oxygen atoms in total. The zero-order chi connectivity index (χ0) is 18.7. The summed E-state index contributed by atoms with van der Waals surface area (Å²) < 4.78 is 0. The Kier molecular flexibility index (Phi) is 5.07. The largest absolute Gasteiger partial charge is 0.358 e. The van der Waals surface area contributed by atoms with Gasteiger partial charge in [-0.2, -0.15) is 0 Å². The Balaban J connectivity index is 1.80. The van der Waals surface area contributed by atoms with Gasteiger partial charge in [-0.25, -0.2) is 0 Å². The average molecular weight is 349 g/mol. The number of amides is 2. The van der Waals surface area contributed by atoms with E-state index >= 15 is 0 Å². The highest BCUT2D eigenvalue weighted by atomic mass is 16.2. The molecular formula is C21H23N3O2. The molecule has 0 bridgehead atoms. The number of hydrogen-bond donors (Lipinski definition) is 2. The van der Waals surface area contributed by atoms with Crippen LogP contribution in [0.2, 0.25) is 0 Å². The maximum Gasteiger partial charge on any atom is 0.258 e. The van der Waals surface area contributed by atoms with Crippen molar-refractivity contribution in [2.24, 2.45) is 0 Å². The third-order valence-corrected chi connectivity index (χ3v) is 4.56. The van der Waals surface area contributed by atoms with Crippen LogP contribution in [0.5, 0.6) is 0 Å². The minimum Gasteiger partial charge on any atom is -0.358 e. The van der Waals surface area contributed by atoms with Crippen molar-refractivity contribution in [1.29, 1.82) is 0 Å². The number of anilines is 1. The van der Waals surface area contributed by atoms with E-state index in [2.05, 4.69) is 10.3 Å². The molecule has 134 valence electrons. The van der Waals surface area contributed by atoms with Crippen molar-refractivity contribution in [3.05, 3.63) is 65.4 Å². The van der Waals surface area contributed by atoms with Gasteiger partial charge in [-0.1, -0.05) is 18.2 Å². The van der Waals surface area contributed by atoms with Crippen LogP contribution in [0.4, 0.5) is 5.69 Å². The standard InChI is InChI=1S/C21H23N3O2/c1-4-24(5-2)21(26)15-10-12-16(13-11-15)23-20(25)19-14(3)22-18-9-7-6-8-17(18)19/h6-13,22H,4-5H2,1-3H3,(H,23,25). The second kappa shape index (κ2) is 7.44. The van der Waals surface area contributed by atoms with Gasteiger partial charge in [-0.05, 0) is 51.1 Å². The second-order valence-corrected chi connectivity index (χ2v) is 6.18. The molecule has 2 amide bonds. The summed E-state index contributed by atoms with van der Waals surface area (Å²) in [5.41, 5.74) is 3.70. The lowest BCUT2D eigenvalue weighted by molar-refractivity contribution is 0.0773. The van der Waals surface area contributed by atoms with E-state index in [1.54, 1.807) is 29.2 Å². The van der Waals surface area contributed by atoms with Crippen molar-refractivity contribution < 1.29 is 9.59 Å². The molecule has 1 heterocycles.